The number of piperazine rings is 1. The highest BCUT2D eigenvalue weighted by atomic mass is 16.6. The third-order valence-electron chi connectivity index (χ3n) is 4.40. The predicted molar refractivity (Wildman–Crippen MR) is 103 cm³/mol. The van der Waals surface area contributed by atoms with Crippen LogP contribution in [-0.2, 0) is 11.3 Å². The maximum atomic E-state index is 12.1. The molecule has 0 atom stereocenters. The Bertz CT molecular complexity index is 715. The van der Waals surface area contributed by atoms with Crippen LogP contribution < -0.4 is 0 Å². The lowest BCUT2D eigenvalue weighted by molar-refractivity contribution is 0.0139. The fourth-order valence-electron chi connectivity index (χ4n) is 3.02. The summed E-state index contributed by atoms with van der Waals surface area (Å²) in [7, 11) is 0. The molecule has 1 saturated heterocycles. The molecule has 0 radical (unpaired) electrons. The van der Waals surface area contributed by atoms with Crippen molar-refractivity contribution in [2.24, 2.45) is 0 Å². The van der Waals surface area contributed by atoms with Crippen molar-refractivity contribution in [3.63, 3.8) is 0 Å². The monoisotopic (exact) mass is 353 g/mol. The van der Waals surface area contributed by atoms with Gasteiger partial charge < -0.3 is 9.64 Å². The minimum absolute atomic E-state index is 0.209. The number of pyridine rings is 1. The zero-order chi connectivity index (χ0) is 18.6. The molecule has 2 aromatic rings. The number of hydrogen-bond acceptors (Lipinski definition) is 4. The number of ether oxygens (including phenoxy) is 1. The van der Waals surface area contributed by atoms with Gasteiger partial charge in [-0.25, -0.2) is 4.79 Å². The molecule has 138 valence electrons. The van der Waals surface area contributed by atoms with Crippen LogP contribution >= 0.6 is 0 Å². The summed E-state index contributed by atoms with van der Waals surface area (Å²) < 4.78 is 5.45. The summed E-state index contributed by atoms with van der Waals surface area (Å²) in [5.41, 5.74) is 3.22. The summed E-state index contributed by atoms with van der Waals surface area (Å²) in [5.74, 6) is 0. The second kappa shape index (κ2) is 7.87. The van der Waals surface area contributed by atoms with E-state index in [1.165, 1.54) is 16.7 Å². The molecule has 1 aliphatic heterocycles. The van der Waals surface area contributed by atoms with Crippen molar-refractivity contribution in [1.29, 1.82) is 0 Å². The van der Waals surface area contributed by atoms with E-state index in [2.05, 4.69) is 34.1 Å². The maximum Gasteiger partial charge on any atom is 0.410 e. The van der Waals surface area contributed by atoms with Crippen LogP contribution in [0.15, 0.2) is 48.8 Å². The molecule has 5 heteroatoms. The third-order valence-corrected chi connectivity index (χ3v) is 4.40. The van der Waals surface area contributed by atoms with Gasteiger partial charge in [-0.3, -0.25) is 9.88 Å². The van der Waals surface area contributed by atoms with Gasteiger partial charge in [-0.15, -0.1) is 0 Å². The van der Waals surface area contributed by atoms with Crippen molar-refractivity contribution in [2.45, 2.75) is 32.9 Å². The molecular weight excluding hydrogens is 326 g/mol. The van der Waals surface area contributed by atoms with Gasteiger partial charge in [0.2, 0.25) is 0 Å². The van der Waals surface area contributed by atoms with E-state index in [9.17, 15) is 4.79 Å². The van der Waals surface area contributed by atoms with Crippen LogP contribution in [0.25, 0.3) is 11.1 Å². The Balaban J connectivity index is 1.51. The SMILES string of the molecule is CC(C)(C)OC(=O)N1CCN(Cc2ccc(-c3ccncc3)cc2)CC1. The molecule has 0 aliphatic carbocycles. The number of nitrogens with zero attached hydrogens (tertiary/aromatic N) is 3. The largest absolute Gasteiger partial charge is 0.444 e. The molecule has 0 bridgehead atoms. The highest BCUT2D eigenvalue weighted by Gasteiger charge is 2.25. The Morgan fingerprint density at radius 3 is 2.12 bits per heavy atom. The quantitative estimate of drug-likeness (QED) is 0.842. The molecule has 1 fully saturated rings. The van der Waals surface area contributed by atoms with E-state index in [4.69, 9.17) is 4.74 Å². The van der Waals surface area contributed by atoms with E-state index in [-0.39, 0.29) is 6.09 Å². The van der Waals surface area contributed by atoms with Crippen LogP contribution in [0.2, 0.25) is 0 Å². The van der Waals surface area contributed by atoms with Crippen LogP contribution in [0, 0.1) is 0 Å². The van der Waals surface area contributed by atoms with E-state index in [1.54, 1.807) is 4.90 Å². The lowest BCUT2D eigenvalue weighted by Gasteiger charge is -2.35. The van der Waals surface area contributed by atoms with Crippen LogP contribution in [-0.4, -0.2) is 52.7 Å². The van der Waals surface area contributed by atoms with Crippen molar-refractivity contribution in [3.8, 4) is 11.1 Å². The Morgan fingerprint density at radius 1 is 0.962 bits per heavy atom. The number of aromatic nitrogens is 1. The van der Waals surface area contributed by atoms with Crippen LogP contribution in [0.4, 0.5) is 4.79 Å². The number of amides is 1. The van der Waals surface area contributed by atoms with E-state index in [0.29, 0.717) is 13.1 Å². The van der Waals surface area contributed by atoms with Gasteiger partial charge in [-0.2, -0.15) is 0 Å². The zero-order valence-corrected chi connectivity index (χ0v) is 15.8. The first kappa shape index (κ1) is 18.4. The van der Waals surface area contributed by atoms with Crippen molar-refractivity contribution >= 4 is 6.09 Å². The van der Waals surface area contributed by atoms with E-state index < -0.39 is 5.60 Å². The summed E-state index contributed by atoms with van der Waals surface area (Å²) in [4.78, 5) is 20.4. The fraction of sp³-hybridized carbons (Fsp3) is 0.429. The smallest absolute Gasteiger partial charge is 0.410 e. The zero-order valence-electron chi connectivity index (χ0n) is 15.8. The van der Waals surface area contributed by atoms with Crippen molar-refractivity contribution in [3.05, 3.63) is 54.4 Å². The normalized spacial score (nSPS) is 15.7. The van der Waals surface area contributed by atoms with Gasteiger partial charge in [0.25, 0.3) is 0 Å². The summed E-state index contributed by atoms with van der Waals surface area (Å²) in [6, 6.07) is 12.7. The molecule has 26 heavy (non-hydrogen) atoms. The standard InChI is InChI=1S/C21H27N3O2/c1-21(2,3)26-20(25)24-14-12-23(13-15-24)16-17-4-6-18(7-5-17)19-8-10-22-11-9-19/h4-11H,12-16H2,1-3H3. The van der Waals surface area contributed by atoms with E-state index in [1.807, 2.05) is 45.3 Å². The summed E-state index contributed by atoms with van der Waals surface area (Å²) in [5, 5.41) is 0. The van der Waals surface area contributed by atoms with Gasteiger partial charge in [-0.1, -0.05) is 24.3 Å². The van der Waals surface area contributed by atoms with Crippen LogP contribution in [0.1, 0.15) is 26.3 Å². The van der Waals surface area contributed by atoms with Crippen LogP contribution in [0.5, 0.6) is 0 Å². The molecule has 5 nitrogen and oxygen atoms in total. The lowest BCUT2D eigenvalue weighted by atomic mass is 10.0. The molecule has 1 aromatic heterocycles. The first-order valence-electron chi connectivity index (χ1n) is 9.10. The fourth-order valence-corrected chi connectivity index (χ4v) is 3.02. The molecular formula is C21H27N3O2. The van der Waals surface area contributed by atoms with Gasteiger partial charge >= 0.3 is 6.09 Å². The van der Waals surface area contributed by atoms with Crippen molar-refractivity contribution in [1.82, 2.24) is 14.8 Å². The first-order chi connectivity index (χ1) is 12.4. The minimum atomic E-state index is -0.440. The summed E-state index contributed by atoms with van der Waals surface area (Å²) in [6.45, 7) is 9.76. The second-order valence-electron chi connectivity index (χ2n) is 7.68. The minimum Gasteiger partial charge on any atom is -0.444 e. The predicted octanol–water partition coefficient (Wildman–Crippen LogP) is 3.80. The molecule has 1 aliphatic rings. The Morgan fingerprint density at radius 2 is 1.54 bits per heavy atom. The molecule has 3 rings (SSSR count). The van der Waals surface area contributed by atoms with E-state index in [0.717, 1.165) is 19.6 Å². The van der Waals surface area contributed by atoms with Gasteiger partial charge in [0.1, 0.15) is 5.60 Å². The maximum absolute atomic E-state index is 12.1. The number of rotatable bonds is 3. The van der Waals surface area contributed by atoms with Gasteiger partial charge in [0.15, 0.2) is 0 Å². The second-order valence-corrected chi connectivity index (χ2v) is 7.68. The van der Waals surface area contributed by atoms with Gasteiger partial charge in [-0.05, 0) is 49.6 Å². The topological polar surface area (TPSA) is 45.7 Å². The average Bonchev–Trinajstić information content (AvgIpc) is 2.62. The van der Waals surface area contributed by atoms with Crippen molar-refractivity contribution in [2.75, 3.05) is 26.2 Å². The Kier molecular flexibility index (Phi) is 5.57. The summed E-state index contributed by atoms with van der Waals surface area (Å²) in [6.07, 6.45) is 3.42. The van der Waals surface area contributed by atoms with Crippen molar-refractivity contribution < 1.29 is 9.53 Å². The van der Waals surface area contributed by atoms with Gasteiger partial charge in [0.05, 0.1) is 0 Å². The van der Waals surface area contributed by atoms with Crippen LogP contribution in [0.3, 0.4) is 0 Å². The lowest BCUT2D eigenvalue weighted by Crippen LogP contribution is -2.49. The van der Waals surface area contributed by atoms with E-state index >= 15 is 0 Å². The molecule has 0 spiro atoms. The number of benzene rings is 1. The third kappa shape index (κ3) is 5.05. The number of carbonyl (C=O) groups excluding carboxylic acids is 1. The Hall–Kier alpha value is -2.40. The molecule has 1 amide bonds. The average molecular weight is 353 g/mol. The first-order valence-corrected chi connectivity index (χ1v) is 9.10. The number of hydrogen-bond donors (Lipinski definition) is 0. The molecule has 0 saturated carbocycles. The highest BCUT2D eigenvalue weighted by Crippen LogP contribution is 2.20. The van der Waals surface area contributed by atoms with Gasteiger partial charge in [0, 0.05) is 45.1 Å². The molecule has 0 N–H and O–H groups in total. The highest BCUT2D eigenvalue weighted by molar-refractivity contribution is 5.68. The summed E-state index contributed by atoms with van der Waals surface area (Å²) >= 11 is 0. The molecule has 1 aromatic carbocycles. The number of carbonyl (C=O) groups is 1. The Labute approximate surface area is 155 Å². The molecule has 2 heterocycles. The molecule has 0 unspecified atom stereocenters.